The number of benzene rings is 1. The maximum absolute atomic E-state index is 8.07. The number of para-hydroxylation sites is 1. The van der Waals surface area contributed by atoms with E-state index in [1.165, 1.54) is 10.9 Å². The number of nitrogens with one attached hydrogen (secondary N) is 1. The highest BCUT2D eigenvalue weighted by Crippen LogP contribution is 2.09. The lowest BCUT2D eigenvalue weighted by Crippen LogP contribution is -1.75. The second-order valence-corrected chi connectivity index (χ2v) is 3.14. The van der Waals surface area contributed by atoms with Crippen molar-refractivity contribution in [2.45, 2.75) is 19.8 Å². The third-order valence-corrected chi connectivity index (χ3v) is 1.97. The van der Waals surface area contributed by atoms with Crippen molar-refractivity contribution in [3.63, 3.8) is 0 Å². The lowest BCUT2D eigenvalue weighted by atomic mass is 10.3. The molecule has 0 aliphatic rings. The Morgan fingerprint density at radius 2 is 2.00 bits per heavy atom. The second kappa shape index (κ2) is 6.22. The topological polar surface area (TPSA) is 36.0 Å². The summed E-state index contributed by atoms with van der Waals surface area (Å²) in [5, 5.41) is 9.34. The van der Waals surface area contributed by atoms with Gasteiger partial charge in [-0.25, -0.2) is 0 Å². The molecule has 2 nitrogen and oxygen atoms in total. The first-order valence-corrected chi connectivity index (χ1v) is 5.01. The number of aromatic nitrogens is 1. The Morgan fingerprint density at radius 3 is 2.57 bits per heavy atom. The molecular weight excluding hydrogens is 174 g/mol. The van der Waals surface area contributed by atoms with Crippen molar-refractivity contribution in [3.8, 4) is 0 Å². The average molecular weight is 191 g/mol. The standard InChI is InChI=1S/C8H7N.C4H10O/c1-2-4-8-7(3-1)5-6-9-8;1-2-3-4-5/h1-6,9H;5H,2-4H2,1H3. The van der Waals surface area contributed by atoms with Gasteiger partial charge in [-0.15, -0.1) is 0 Å². The van der Waals surface area contributed by atoms with Crippen LogP contribution < -0.4 is 0 Å². The van der Waals surface area contributed by atoms with E-state index in [1.54, 1.807) is 0 Å². The lowest BCUT2D eigenvalue weighted by Gasteiger charge is -1.83. The molecule has 0 fully saturated rings. The van der Waals surface area contributed by atoms with Crippen molar-refractivity contribution in [3.05, 3.63) is 36.5 Å². The summed E-state index contributed by atoms with van der Waals surface area (Å²) in [4.78, 5) is 3.12. The molecule has 0 radical (unpaired) electrons. The van der Waals surface area contributed by atoms with Crippen molar-refractivity contribution in [1.29, 1.82) is 0 Å². The van der Waals surface area contributed by atoms with Gasteiger partial charge >= 0.3 is 0 Å². The van der Waals surface area contributed by atoms with Gasteiger partial charge in [0.2, 0.25) is 0 Å². The number of hydrogen-bond donors (Lipinski definition) is 2. The first-order valence-electron chi connectivity index (χ1n) is 5.01. The molecule has 2 heteroatoms. The quantitative estimate of drug-likeness (QED) is 0.752. The van der Waals surface area contributed by atoms with Crippen LogP contribution in [-0.4, -0.2) is 16.7 Å². The molecule has 14 heavy (non-hydrogen) atoms. The number of aromatic amines is 1. The van der Waals surface area contributed by atoms with Crippen LogP contribution in [0.1, 0.15) is 19.8 Å². The van der Waals surface area contributed by atoms with E-state index in [1.807, 2.05) is 18.3 Å². The van der Waals surface area contributed by atoms with E-state index in [9.17, 15) is 0 Å². The van der Waals surface area contributed by atoms with Gasteiger partial charge in [-0.05, 0) is 23.9 Å². The molecule has 0 aliphatic carbocycles. The van der Waals surface area contributed by atoms with Crippen LogP contribution in [0.4, 0.5) is 0 Å². The molecule has 76 valence electrons. The van der Waals surface area contributed by atoms with Gasteiger partial charge in [-0.2, -0.15) is 0 Å². The Labute approximate surface area is 84.6 Å². The molecule has 0 aliphatic heterocycles. The predicted molar refractivity (Wildman–Crippen MR) is 60.3 cm³/mol. The Kier molecular flexibility index (Phi) is 4.79. The highest BCUT2D eigenvalue weighted by molar-refractivity contribution is 5.78. The minimum absolute atomic E-state index is 0.344. The zero-order chi connectivity index (χ0) is 10.2. The van der Waals surface area contributed by atoms with Crippen LogP contribution in [0.2, 0.25) is 0 Å². The molecule has 2 aromatic rings. The van der Waals surface area contributed by atoms with Crippen molar-refractivity contribution in [1.82, 2.24) is 4.98 Å². The van der Waals surface area contributed by atoms with E-state index in [0.717, 1.165) is 12.8 Å². The summed E-state index contributed by atoms with van der Waals surface area (Å²) in [6, 6.07) is 10.3. The Hall–Kier alpha value is -1.28. The summed E-state index contributed by atoms with van der Waals surface area (Å²) >= 11 is 0. The van der Waals surface area contributed by atoms with Crippen molar-refractivity contribution < 1.29 is 5.11 Å². The van der Waals surface area contributed by atoms with E-state index >= 15 is 0 Å². The molecule has 1 aromatic heterocycles. The van der Waals surface area contributed by atoms with Gasteiger partial charge in [0.15, 0.2) is 0 Å². The van der Waals surface area contributed by atoms with Gasteiger partial charge in [0, 0.05) is 18.3 Å². The zero-order valence-electron chi connectivity index (χ0n) is 8.53. The molecule has 0 spiro atoms. The van der Waals surface area contributed by atoms with Crippen molar-refractivity contribution in [2.75, 3.05) is 6.61 Å². The second-order valence-electron chi connectivity index (χ2n) is 3.14. The molecule has 0 amide bonds. The number of rotatable bonds is 2. The summed E-state index contributed by atoms with van der Waals surface area (Å²) in [6.07, 6.45) is 3.99. The van der Waals surface area contributed by atoms with Gasteiger partial charge < -0.3 is 10.1 Å². The van der Waals surface area contributed by atoms with Crippen LogP contribution in [0.25, 0.3) is 10.9 Å². The van der Waals surface area contributed by atoms with E-state index in [4.69, 9.17) is 5.11 Å². The highest BCUT2D eigenvalue weighted by atomic mass is 16.2. The number of aliphatic hydroxyl groups is 1. The van der Waals surface area contributed by atoms with E-state index < -0.39 is 0 Å². The summed E-state index contributed by atoms with van der Waals surface area (Å²) < 4.78 is 0. The third-order valence-electron chi connectivity index (χ3n) is 1.97. The smallest absolute Gasteiger partial charge is 0.0453 e. The molecule has 1 heterocycles. The van der Waals surface area contributed by atoms with Crippen LogP contribution in [0.3, 0.4) is 0 Å². The number of hydrogen-bond acceptors (Lipinski definition) is 1. The first-order chi connectivity index (χ1) is 6.88. The fraction of sp³-hybridized carbons (Fsp3) is 0.333. The number of unbranched alkanes of at least 4 members (excludes halogenated alkanes) is 1. The molecule has 0 bridgehead atoms. The fourth-order valence-corrected chi connectivity index (χ4v) is 1.15. The van der Waals surface area contributed by atoms with E-state index in [0.29, 0.717) is 6.61 Å². The highest BCUT2D eigenvalue weighted by Gasteiger charge is 1.86. The van der Waals surface area contributed by atoms with Crippen molar-refractivity contribution >= 4 is 10.9 Å². The van der Waals surface area contributed by atoms with Gasteiger partial charge in [-0.1, -0.05) is 31.5 Å². The van der Waals surface area contributed by atoms with Crippen LogP contribution in [0.15, 0.2) is 36.5 Å². The van der Waals surface area contributed by atoms with E-state index in [-0.39, 0.29) is 0 Å². The van der Waals surface area contributed by atoms with E-state index in [2.05, 4.69) is 30.1 Å². The molecule has 2 rings (SSSR count). The normalized spacial score (nSPS) is 9.57. The lowest BCUT2D eigenvalue weighted by molar-refractivity contribution is 0.287. The maximum atomic E-state index is 8.07. The van der Waals surface area contributed by atoms with Gasteiger partial charge in [0.1, 0.15) is 0 Å². The van der Waals surface area contributed by atoms with Crippen molar-refractivity contribution in [2.24, 2.45) is 0 Å². The van der Waals surface area contributed by atoms with Crippen LogP contribution in [0, 0.1) is 0 Å². The summed E-state index contributed by atoms with van der Waals surface area (Å²) in [5.41, 5.74) is 1.21. The van der Waals surface area contributed by atoms with Crippen LogP contribution in [-0.2, 0) is 0 Å². The zero-order valence-corrected chi connectivity index (χ0v) is 8.53. The molecule has 0 saturated heterocycles. The Bertz CT molecular complexity index is 322. The molecule has 0 saturated carbocycles. The molecular formula is C12H17NO. The summed E-state index contributed by atoms with van der Waals surface area (Å²) in [5.74, 6) is 0. The Morgan fingerprint density at radius 1 is 1.21 bits per heavy atom. The predicted octanol–water partition coefficient (Wildman–Crippen LogP) is 2.95. The summed E-state index contributed by atoms with van der Waals surface area (Å²) in [6.45, 7) is 2.40. The Balaban J connectivity index is 0.000000171. The monoisotopic (exact) mass is 191 g/mol. The van der Waals surface area contributed by atoms with Crippen LogP contribution >= 0.6 is 0 Å². The third kappa shape index (κ3) is 3.23. The average Bonchev–Trinajstić information content (AvgIpc) is 2.67. The molecule has 0 atom stereocenters. The van der Waals surface area contributed by atoms with Gasteiger partial charge in [-0.3, -0.25) is 0 Å². The molecule has 2 N–H and O–H groups in total. The molecule has 0 unspecified atom stereocenters. The van der Waals surface area contributed by atoms with Crippen LogP contribution in [0.5, 0.6) is 0 Å². The summed E-state index contributed by atoms with van der Waals surface area (Å²) in [7, 11) is 0. The minimum Gasteiger partial charge on any atom is -0.396 e. The minimum atomic E-state index is 0.344. The first kappa shape index (κ1) is 10.8. The number of fused-ring (bicyclic) bond motifs is 1. The SMILES string of the molecule is CCCCO.c1ccc2[nH]ccc2c1. The number of aliphatic hydroxyl groups excluding tert-OH is 1. The molecule has 1 aromatic carbocycles. The fourth-order valence-electron chi connectivity index (χ4n) is 1.15. The van der Waals surface area contributed by atoms with Gasteiger partial charge in [0.05, 0.1) is 0 Å². The largest absolute Gasteiger partial charge is 0.396 e. The maximum Gasteiger partial charge on any atom is 0.0453 e. The number of H-pyrrole nitrogens is 1. The van der Waals surface area contributed by atoms with Gasteiger partial charge in [0.25, 0.3) is 0 Å².